The van der Waals surface area contributed by atoms with Crippen molar-refractivity contribution in [2.45, 2.75) is 43.9 Å². The van der Waals surface area contributed by atoms with E-state index in [1.165, 1.54) is 0 Å². The fraction of sp³-hybridized carbons (Fsp3) is 0.538. The molecule has 0 aliphatic carbocycles. The second kappa shape index (κ2) is 5.65. The van der Waals surface area contributed by atoms with Gasteiger partial charge in [0.1, 0.15) is 0 Å². The molecule has 0 saturated carbocycles. The van der Waals surface area contributed by atoms with E-state index in [1.807, 2.05) is 32.9 Å². The van der Waals surface area contributed by atoms with Crippen LogP contribution in [0, 0.1) is 6.92 Å². The molecule has 0 aliphatic rings. The van der Waals surface area contributed by atoms with Gasteiger partial charge in [0.25, 0.3) is 0 Å². The lowest BCUT2D eigenvalue weighted by atomic mass is 10.2. The van der Waals surface area contributed by atoms with Gasteiger partial charge in [-0.15, -0.1) is 0 Å². The molecule has 1 aromatic rings. The molecule has 0 aromatic heterocycles. The third kappa shape index (κ3) is 3.07. The number of hydrogen-bond acceptors (Lipinski definition) is 3. The van der Waals surface area contributed by atoms with Gasteiger partial charge >= 0.3 is 0 Å². The molecule has 2 unspecified atom stereocenters. The van der Waals surface area contributed by atoms with Crippen LogP contribution in [0.5, 0.6) is 0 Å². The number of nitrogens with one attached hydrogen (secondary N) is 1. The highest BCUT2D eigenvalue weighted by molar-refractivity contribution is 7.92. The molecular formula is C13H21NO2S. The van der Waals surface area contributed by atoms with Crippen LogP contribution in [0.25, 0.3) is 0 Å². The minimum atomic E-state index is -3.25. The second-order valence-corrected chi connectivity index (χ2v) is 6.64. The molecular weight excluding hydrogens is 234 g/mol. The number of aryl methyl sites for hydroxylation is 1. The van der Waals surface area contributed by atoms with Crippen LogP contribution in [0.15, 0.2) is 29.2 Å². The monoisotopic (exact) mass is 255 g/mol. The van der Waals surface area contributed by atoms with Gasteiger partial charge in [-0.3, -0.25) is 0 Å². The highest BCUT2D eigenvalue weighted by atomic mass is 32.2. The first kappa shape index (κ1) is 14.2. The Morgan fingerprint density at radius 1 is 1.24 bits per heavy atom. The lowest BCUT2D eigenvalue weighted by Crippen LogP contribution is -2.40. The zero-order valence-corrected chi connectivity index (χ0v) is 11.7. The van der Waals surface area contributed by atoms with Crippen LogP contribution in [-0.4, -0.2) is 26.3 Å². The summed E-state index contributed by atoms with van der Waals surface area (Å²) in [6, 6.07) is 7.08. The van der Waals surface area contributed by atoms with Crippen molar-refractivity contribution in [1.29, 1.82) is 0 Å². The molecule has 3 nitrogen and oxygen atoms in total. The molecule has 0 amide bonds. The zero-order chi connectivity index (χ0) is 13.1. The second-order valence-electron chi connectivity index (χ2n) is 4.36. The van der Waals surface area contributed by atoms with Crippen LogP contribution in [-0.2, 0) is 9.84 Å². The summed E-state index contributed by atoms with van der Waals surface area (Å²) >= 11 is 0. The van der Waals surface area contributed by atoms with Crippen molar-refractivity contribution in [3.63, 3.8) is 0 Å². The van der Waals surface area contributed by atoms with Gasteiger partial charge in [-0.25, -0.2) is 8.42 Å². The van der Waals surface area contributed by atoms with Crippen molar-refractivity contribution in [1.82, 2.24) is 5.32 Å². The van der Waals surface area contributed by atoms with Gasteiger partial charge in [0.05, 0.1) is 10.1 Å². The van der Waals surface area contributed by atoms with E-state index in [1.54, 1.807) is 19.1 Å². The van der Waals surface area contributed by atoms with Crippen molar-refractivity contribution >= 4 is 9.84 Å². The molecule has 1 aromatic carbocycles. The van der Waals surface area contributed by atoms with E-state index in [9.17, 15) is 8.42 Å². The lowest BCUT2D eigenvalue weighted by molar-refractivity contribution is 0.520. The third-order valence-electron chi connectivity index (χ3n) is 3.12. The van der Waals surface area contributed by atoms with Gasteiger partial charge < -0.3 is 5.32 Å². The van der Waals surface area contributed by atoms with Crippen LogP contribution in [0.1, 0.15) is 26.3 Å². The minimum absolute atomic E-state index is 0.0513. The summed E-state index contributed by atoms with van der Waals surface area (Å²) < 4.78 is 24.9. The molecule has 1 rings (SSSR count). The number of rotatable bonds is 5. The zero-order valence-electron chi connectivity index (χ0n) is 10.9. The van der Waals surface area contributed by atoms with Crippen LogP contribution in [0.2, 0.25) is 0 Å². The van der Waals surface area contributed by atoms with Crippen molar-refractivity contribution in [2.75, 3.05) is 6.54 Å². The average Bonchev–Trinajstić information content (AvgIpc) is 2.28. The topological polar surface area (TPSA) is 46.2 Å². The van der Waals surface area contributed by atoms with E-state index in [2.05, 4.69) is 5.32 Å². The van der Waals surface area contributed by atoms with Gasteiger partial charge in [0.2, 0.25) is 0 Å². The number of benzene rings is 1. The number of hydrogen-bond donors (Lipinski definition) is 1. The molecule has 0 saturated heterocycles. The summed E-state index contributed by atoms with van der Waals surface area (Å²) in [7, 11) is -3.25. The highest BCUT2D eigenvalue weighted by Gasteiger charge is 2.28. The summed E-state index contributed by atoms with van der Waals surface area (Å²) in [4.78, 5) is 0.442. The SMILES string of the molecule is CCNC(C)C(C)S(=O)(=O)c1ccccc1C. The Hall–Kier alpha value is -0.870. The van der Waals surface area contributed by atoms with Crippen LogP contribution in [0.4, 0.5) is 0 Å². The van der Waals surface area contributed by atoms with Gasteiger partial charge in [-0.05, 0) is 38.9 Å². The fourth-order valence-corrected chi connectivity index (χ4v) is 3.65. The Balaban J connectivity index is 3.08. The molecule has 0 spiro atoms. The predicted molar refractivity (Wildman–Crippen MR) is 71.0 cm³/mol. The standard InChI is InChI=1S/C13H21NO2S/c1-5-14-11(3)12(4)17(15,16)13-9-7-6-8-10(13)2/h6-9,11-12,14H,5H2,1-4H3. The van der Waals surface area contributed by atoms with Crippen LogP contribution < -0.4 is 5.32 Å². The van der Waals surface area contributed by atoms with E-state index in [4.69, 9.17) is 0 Å². The van der Waals surface area contributed by atoms with E-state index in [0.29, 0.717) is 4.90 Å². The quantitative estimate of drug-likeness (QED) is 0.877. The Morgan fingerprint density at radius 2 is 1.82 bits per heavy atom. The third-order valence-corrected chi connectivity index (χ3v) is 5.58. The van der Waals surface area contributed by atoms with Crippen LogP contribution >= 0.6 is 0 Å². The molecule has 0 heterocycles. The maximum atomic E-state index is 12.4. The van der Waals surface area contributed by atoms with E-state index < -0.39 is 15.1 Å². The summed E-state index contributed by atoms with van der Waals surface area (Å²) in [5.41, 5.74) is 0.808. The van der Waals surface area contributed by atoms with E-state index in [-0.39, 0.29) is 6.04 Å². The van der Waals surface area contributed by atoms with Crippen LogP contribution in [0.3, 0.4) is 0 Å². The normalized spacial score (nSPS) is 15.5. The predicted octanol–water partition coefficient (Wildman–Crippen LogP) is 2.16. The van der Waals surface area contributed by atoms with E-state index in [0.717, 1.165) is 12.1 Å². The average molecular weight is 255 g/mol. The Kier molecular flexibility index (Phi) is 4.71. The van der Waals surface area contributed by atoms with Gasteiger partial charge in [0, 0.05) is 6.04 Å². The largest absolute Gasteiger partial charge is 0.313 e. The molecule has 0 bridgehead atoms. The van der Waals surface area contributed by atoms with Crippen molar-refractivity contribution in [2.24, 2.45) is 0 Å². The summed E-state index contributed by atoms with van der Waals surface area (Å²) in [5.74, 6) is 0. The Labute approximate surface area is 104 Å². The number of sulfone groups is 1. The lowest BCUT2D eigenvalue weighted by Gasteiger charge is -2.21. The van der Waals surface area contributed by atoms with Gasteiger partial charge in [-0.2, -0.15) is 0 Å². The molecule has 1 N–H and O–H groups in total. The summed E-state index contributed by atoms with van der Waals surface area (Å²) in [5, 5.41) is 2.73. The molecule has 0 fully saturated rings. The maximum absolute atomic E-state index is 12.4. The summed E-state index contributed by atoms with van der Waals surface area (Å²) in [6.07, 6.45) is 0. The molecule has 0 aliphatic heterocycles. The molecule has 0 radical (unpaired) electrons. The van der Waals surface area contributed by atoms with Crippen molar-refractivity contribution in [3.05, 3.63) is 29.8 Å². The maximum Gasteiger partial charge on any atom is 0.182 e. The molecule has 4 heteroatoms. The minimum Gasteiger partial charge on any atom is -0.313 e. The van der Waals surface area contributed by atoms with Crippen molar-refractivity contribution in [3.8, 4) is 0 Å². The van der Waals surface area contributed by atoms with Gasteiger partial charge in [-0.1, -0.05) is 25.1 Å². The Bertz CT molecular complexity index is 468. The first-order chi connectivity index (χ1) is 7.91. The van der Waals surface area contributed by atoms with E-state index >= 15 is 0 Å². The molecule has 17 heavy (non-hydrogen) atoms. The van der Waals surface area contributed by atoms with Crippen molar-refractivity contribution < 1.29 is 8.42 Å². The Morgan fingerprint density at radius 3 is 2.35 bits per heavy atom. The first-order valence-electron chi connectivity index (χ1n) is 5.94. The molecule has 2 atom stereocenters. The highest BCUT2D eigenvalue weighted by Crippen LogP contribution is 2.21. The molecule has 96 valence electrons. The van der Waals surface area contributed by atoms with Gasteiger partial charge in [0.15, 0.2) is 9.84 Å². The summed E-state index contributed by atoms with van der Waals surface area (Å²) in [6.45, 7) is 8.25. The fourth-order valence-electron chi connectivity index (χ4n) is 1.83. The first-order valence-corrected chi connectivity index (χ1v) is 7.48. The smallest absolute Gasteiger partial charge is 0.182 e.